The zero-order valence-corrected chi connectivity index (χ0v) is 10.8. The van der Waals surface area contributed by atoms with E-state index in [0.29, 0.717) is 12.5 Å². The minimum Gasteiger partial charge on any atom is -0.480 e. The molecule has 1 aliphatic rings. The van der Waals surface area contributed by atoms with Crippen LogP contribution in [0.5, 0.6) is 0 Å². The molecule has 0 aromatic heterocycles. The number of carbonyl (C=O) groups excluding carboxylic acids is 1. The molecule has 0 aliphatic heterocycles. The van der Waals surface area contributed by atoms with Crippen molar-refractivity contribution in [2.24, 2.45) is 0 Å². The zero-order chi connectivity index (χ0) is 11.8. The summed E-state index contributed by atoms with van der Waals surface area (Å²) in [7, 11) is 0. The van der Waals surface area contributed by atoms with Gasteiger partial charge in [-0.05, 0) is 19.3 Å². The molecule has 1 fully saturated rings. The van der Waals surface area contributed by atoms with Crippen LogP contribution in [0.4, 0.5) is 0 Å². The van der Waals surface area contributed by atoms with Crippen LogP contribution in [0, 0.1) is 0 Å². The van der Waals surface area contributed by atoms with E-state index in [1.807, 2.05) is 6.92 Å². The van der Waals surface area contributed by atoms with Crippen molar-refractivity contribution in [2.75, 3.05) is 5.88 Å². The molecule has 1 unspecified atom stereocenters. The second kappa shape index (κ2) is 7.93. The molecule has 6 heteroatoms. The Balaban J connectivity index is 0.000000265. The van der Waals surface area contributed by atoms with Crippen LogP contribution in [0.25, 0.3) is 0 Å². The van der Waals surface area contributed by atoms with Gasteiger partial charge in [0.25, 0.3) is 0 Å². The Morgan fingerprint density at radius 3 is 2.33 bits per heavy atom. The van der Waals surface area contributed by atoms with Gasteiger partial charge in [-0.2, -0.15) is 0 Å². The quantitative estimate of drug-likeness (QED) is 0.777. The first-order chi connectivity index (χ1) is 7.01. The monoisotopic (exact) mass is 299 g/mol. The molecule has 1 amide bonds. The minimum atomic E-state index is -0.789. The van der Waals surface area contributed by atoms with Crippen molar-refractivity contribution in [3.63, 3.8) is 0 Å². The summed E-state index contributed by atoms with van der Waals surface area (Å²) < 4.78 is 0. The van der Waals surface area contributed by atoms with Crippen molar-refractivity contribution in [1.29, 1.82) is 0 Å². The summed E-state index contributed by atoms with van der Waals surface area (Å²) in [4.78, 5) is 19.9. The Kier molecular flexibility index (Phi) is 7.78. The molecule has 1 atom stereocenters. The molecule has 1 saturated carbocycles. The van der Waals surface area contributed by atoms with Crippen LogP contribution >= 0.6 is 27.5 Å². The maximum atomic E-state index is 10.4. The van der Waals surface area contributed by atoms with Crippen LogP contribution in [-0.2, 0) is 9.59 Å². The van der Waals surface area contributed by atoms with Crippen molar-refractivity contribution in [2.45, 2.75) is 37.1 Å². The number of carbonyl (C=O) groups is 2. The lowest BCUT2D eigenvalue weighted by molar-refractivity contribution is -0.136. The van der Waals surface area contributed by atoms with Gasteiger partial charge in [0.05, 0.1) is 0 Å². The zero-order valence-electron chi connectivity index (χ0n) is 8.50. The summed E-state index contributed by atoms with van der Waals surface area (Å²) in [5.41, 5.74) is 0. The number of rotatable bonds is 4. The molecule has 0 radical (unpaired) electrons. The number of carboxylic acid groups (broad SMARTS) is 1. The number of amides is 1. The Bertz CT molecular complexity index is 221. The van der Waals surface area contributed by atoms with Crippen molar-refractivity contribution >= 4 is 39.4 Å². The standard InChI is InChI=1S/C5H8ClNO.C4H7BrO2/c6-3-5(8)7-4-1-2-4;1-2-3(5)4(6)7/h4H,1-3H2,(H,7,8);3H,2H2,1H3,(H,6,7). The molecule has 0 saturated heterocycles. The molecule has 1 rings (SSSR count). The lowest BCUT2D eigenvalue weighted by atomic mass is 10.3. The van der Waals surface area contributed by atoms with Gasteiger partial charge in [-0.3, -0.25) is 9.59 Å². The molecule has 4 nitrogen and oxygen atoms in total. The number of aliphatic carboxylic acids is 1. The van der Waals surface area contributed by atoms with E-state index in [9.17, 15) is 9.59 Å². The van der Waals surface area contributed by atoms with E-state index in [1.165, 1.54) is 0 Å². The van der Waals surface area contributed by atoms with E-state index >= 15 is 0 Å². The van der Waals surface area contributed by atoms with Crippen LogP contribution in [-0.4, -0.2) is 33.7 Å². The molecule has 2 N–H and O–H groups in total. The Labute approximate surface area is 102 Å². The molecule has 0 aromatic carbocycles. The van der Waals surface area contributed by atoms with Gasteiger partial charge in [-0.1, -0.05) is 22.9 Å². The largest absolute Gasteiger partial charge is 0.480 e. The Morgan fingerprint density at radius 2 is 2.13 bits per heavy atom. The van der Waals surface area contributed by atoms with E-state index in [0.717, 1.165) is 12.8 Å². The highest BCUT2D eigenvalue weighted by atomic mass is 79.9. The number of halogens is 2. The van der Waals surface area contributed by atoms with Gasteiger partial charge in [0.1, 0.15) is 10.7 Å². The predicted molar refractivity (Wildman–Crippen MR) is 62.5 cm³/mol. The average Bonchev–Trinajstić information content (AvgIpc) is 3.01. The summed E-state index contributed by atoms with van der Waals surface area (Å²) in [6, 6.07) is 0.446. The Morgan fingerprint density at radius 1 is 1.60 bits per heavy atom. The fraction of sp³-hybridized carbons (Fsp3) is 0.778. The lowest BCUT2D eigenvalue weighted by Crippen LogP contribution is -2.26. The van der Waals surface area contributed by atoms with Gasteiger partial charge in [0.2, 0.25) is 5.91 Å². The lowest BCUT2D eigenvalue weighted by Gasteiger charge is -1.95. The van der Waals surface area contributed by atoms with Crippen molar-refractivity contribution in [1.82, 2.24) is 5.32 Å². The molecule has 0 aromatic rings. The van der Waals surface area contributed by atoms with Crippen LogP contribution in [0.1, 0.15) is 26.2 Å². The average molecular weight is 301 g/mol. The van der Waals surface area contributed by atoms with E-state index in [-0.39, 0.29) is 16.6 Å². The van der Waals surface area contributed by atoms with Gasteiger partial charge in [-0.15, -0.1) is 11.6 Å². The third kappa shape index (κ3) is 8.69. The van der Waals surface area contributed by atoms with Gasteiger partial charge in [0.15, 0.2) is 0 Å². The summed E-state index contributed by atoms with van der Waals surface area (Å²) in [6.07, 6.45) is 2.89. The van der Waals surface area contributed by atoms with Crippen molar-refractivity contribution in [3.8, 4) is 0 Å². The van der Waals surface area contributed by atoms with Crippen molar-refractivity contribution in [3.05, 3.63) is 0 Å². The number of nitrogens with one attached hydrogen (secondary N) is 1. The third-order valence-electron chi connectivity index (χ3n) is 1.69. The van der Waals surface area contributed by atoms with Gasteiger partial charge in [0, 0.05) is 6.04 Å². The van der Waals surface area contributed by atoms with Crippen molar-refractivity contribution < 1.29 is 14.7 Å². The Hall–Kier alpha value is -0.290. The molecule has 0 spiro atoms. The molecule has 0 bridgehead atoms. The summed E-state index contributed by atoms with van der Waals surface area (Å²) in [5, 5.41) is 10.9. The van der Waals surface area contributed by atoms with Gasteiger partial charge < -0.3 is 10.4 Å². The smallest absolute Gasteiger partial charge is 0.317 e. The second-order valence-corrected chi connectivity index (χ2v) is 4.56. The fourth-order valence-corrected chi connectivity index (χ4v) is 0.746. The summed E-state index contributed by atoms with van der Waals surface area (Å²) in [5.74, 6) is -0.743. The fourth-order valence-electron chi connectivity index (χ4n) is 0.669. The van der Waals surface area contributed by atoms with E-state index in [1.54, 1.807) is 0 Å². The van der Waals surface area contributed by atoms with Gasteiger partial charge in [-0.25, -0.2) is 0 Å². The van der Waals surface area contributed by atoms with Crippen LogP contribution in [0.3, 0.4) is 0 Å². The molecular weight excluding hydrogens is 285 g/mol. The molecule has 15 heavy (non-hydrogen) atoms. The first-order valence-electron chi connectivity index (χ1n) is 4.73. The normalized spacial score (nSPS) is 15.9. The van der Waals surface area contributed by atoms with Gasteiger partial charge >= 0.3 is 5.97 Å². The molecule has 0 heterocycles. The predicted octanol–water partition coefficient (Wildman–Crippen LogP) is 1.75. The van der Waals surface area contributed by atoms with E-state index in [2.05, 4.69) is 21.2 Å². The number of alkyl halides is 2. The molecular formula is C9H15BrClNO3. The SMILES string of the molecule is CCC(Br)C(=O)O.O=C(CCl)NC1CC1. The van der Waals surface area contributed by atoms with Crippen LogP contribution in [0.15, 0.2) is 0 Å². The van der Waals surface area contributed by atoms with E-state index in [4.69, 9.17) is 16.7 Å². The topological polar surface area (TPSA) is 66.4 Å². The number of carboxylic acids is 1. The first-order valence-corrected chi connectivity index (χ1v) is 6.18. The maximum Gasteiger partial charge on any atom is 0.317 e. The summed E-state index contributed by atoms with van der Waals surface area (Å²) >= 11 is 8.15. The summed E-state index contributed by atoms with van der Waals surface area (Å²) in [6.45, 7) is 1.81. The van der Waals surface area contributed by atoms with E-state index < -0.39 is 5.97 Å². The molecule has 1 aliphatic carbocycles. The third-order valence-corrected chi connectivity index (χ3v) is 2.97. The highest BCUT2D eigenvalue weighted by molar-refractivity contribution is 9.10. The minimum absolute atomic E-state index is 0.0471. The number of hydrogen-bond donors (Lipinski definition) is 2. The number of hydrogen-bond acceptors (Lipinski definition) is 2. The first kappa shape index (κ1) is 14.7. The van der Waals surface area contributed by atoms with Crippen LogP contribution in [0.2, 0.25) is 0 Å². The molecule has 88 valence electrons. The highest BCUT2D eigenvalue weighted by Crippen LogP contribution is 2.18. The second-order valence-electron chi connectivity index (χ2n) is 3.19. The van der Waals surface area contributed by atoms with Crippen LogP contribution < -0.4 is 5.32 Å². The highest BCUT2D eigenvalue weighted by Gasteiger charge is 2.22. The maximum absolute atomic E-state index is 10.4.